The van der Waals surface area contributed by atoms with Gasteiger partial charge in [-0.15, -0.1) is 0 Å². The summed E-state index contributed by atoms with van der Waals surface area (Å²) in [6.45, 7) is 8.74. The number of fused-ring (bicyclic) bond motifs is 1. The van der Waals surface area contributed by atoms with Crippen molar-refractivity contribution in [3.8, 4) is 0 Å². The number of nitrogens with zero attached hydrogens (tertiary/aromatic N) is 2. The molecule has 3 nitrogen and oxygen atoms in total. The largest absolute Gasteiger partial charge is 0.329 e. The fourth-order valence-corrected chi connectivity index (χ4v) is 2.36. The number of para-hydroxylation sites is 2. The van der Waals surface area contributed by atoms with Crippen molar-refractivity contribution in [1.82, 2.24) is 14.9 Å². The lowest BCUT2D eigenvalue weighted by Crippen LogP contribution is -2.38. The van der Waals surface area contributed by atoms with Crippen LogP contribution < -0.4 is 5.32 Å². The molecule has 98 valence electrons. The van der Waals surface area contributed by atoms with Gasteiger partial charge >= 0.3 is 0 Å². The number of imidazole rings is 1. The van der Waals surface area contributed by atoms with E-state index in [9.17, 15) is 0 Å². The number of nitrogens with one attached hydrogen (secondary N) is 1. The number of aromatic nitrogens is 2. The van der Waals surface area contributed by atoms with E-state index in [1.165, 1.54) is 11.9 Å². The molecular weight excluding hydrogens is 222 g/mol. The van der Waals surface area contributed by atoms with Gasteiger partial charge in [0.15, 0.2) is 0 Å². The molecule has 0 fully saturated rings. The second-order valence-electron chi connectivity index (χ2n) is 4.94. The standard InChI is InChI=1S/C15H23N3/c1-4-12(3)14(16-5-2)10-18-11-17-13-8-6-7-9-15(13)18/h6-9,11-12,14,16H,4-5,10H2,1-3H3. The minimum absolute atomic E-state index is 0.512. The molecule has 0 saturated carbocycles. The van der Waals surface area contributed by atoms with Gasteiger partial charge in [-0.1, -0.05) is 39.3 Å². The molecule has 0 amide bonds. The Morgan fingerprint density at radius 2 is 2.06 bits per heavy atom. The van der Waals surface area contributed by atoms with Crippen LogP contribution >= 0.6 is 0 Å². The molecule has 3 heteroatoms. The summed E-state index contributed by atoms with van der Waals surface area (Å²) in [5.74, 6) is 0.672. The van der Waals surface area contributed by atoms with Gasteiger partial charge in [0.2, 0.25) is 0 Å². The van der Waals surface area contributed by atoms with Crippen LogP contribution in [0.2, 0.25) is 0 Å². The van der Waals surface area contributed by atoms with Crippen LogP contribution in [-0.2, 0) is 6.54 Å². The molecule has 0 spiro atoms. The smallest absolute Gasteiger partial charge is 0.0958 e. The Morgan fingerprint density at radius 1 is 1.28 bits per heavy atom. The van der Waals surface area contributed by atoms with Gasteiger partial charge in [-0.05, 0) is 24.6 Å². The lowest BCUT2D eigenvalue weighted by Gasteiger charge is -2.24. The molecule has 2 atom stereocenters. The predicted octanol–water partition coefficient (Wildman–Crippen LogP) is 3.06. The fraction of sp³-hybridized carbons (Fsp3) is 0.533. The SMILES string of the molecule is CCNC(Cn1cnc2ccccc21)C(C)CC. The zero-order chi connectivity index (χ0) is 13.0. The minimum Gasteiger partial charge on any atom is -0.329 e. The Bertz CT molecular complexity index is 489. The third kappa shape index (κ3) is 2.72. The Hall–Kier alpha value is -1.35. The first-order valence-corrected chi connectivity index (χ1v) is 6.89. The van der Waals surface area contributed by atoms with Gasteiger partial charge < -0.3 is 9.88 Å². The van der Waals surface area contributed by atoms with Crippen LogP contribution in [0.25, 0.3) is 11.0 Å². The summed E-state index contributed by atoms with van der Waals surface area (Å²) < 4.78 is 2.26. The van der Waals surface area contributed by atoms with Crippen LogP contribution in [0.5, 0.6) is 0 Å². The van der Waals surface area contributed by atoms with E-state index in [0.29, 0.717) is 12.0 Å². The highest BCUT2D eigenvalue weighted by atomic mass is 15.1. The maximum atomic E-state index is 4.45. The first-order valence-electron chi connectivity index (χ1n) is 6.89. The van der Waals surface area contributed by atoms with Crippen LogP contribution in [0.3, 0.4) is 0 Å². The van der Waals surface area contributed by atoms with Gasteiger partial charge in [-0.3, -0.25) is 0 Å². The van der Waals surface area contributed by atoms with Crippen molar-refractivity contribution in [2.75, 3.05) is 6.54 Å². The van der Waals surface area contributed by atoms with E-state index < -0.39 is 0 Å². The summed E-state index contributed by atoms with van der Waals surface area (Å²) in [5, 5.41) is 3.59. The molecule has 1 aromatic heterocycles. The summed E-state index contributed by atoms with van der Waals surface area (Å²) >= 11 is 0. The Balaban J connectivity index is 2.20. The minimum atomic E-state index is 0.512. The first kappa shape index (κ1) is 13.1. The molecule has 2 unspecified atom stereocenters. The van der Waals surface area contributed by atoms with E-state index in [1.807, 2.05) is 12.4 Å². The van der Waals surface area contributed by atoms with E-state index in [-0.39, 0.29) is 0 Å². The van der Waals surface area contributed by atoms with Crippen LogP contribution in [0.1, 0.15) is 27.2 Å². The highest BCUT2D eigenvalue weighted by Gasteiger charge is 2.16. The van der Waals surface area contributed by atoms with Crippen molar-refractivity contribution in [1.29, 1.82) is 0 Å². The van der Waals surface area contributed by atoms with Crippen LogP contribution in [-0.4, -0.2) is 22.1 Å². The molecule has 0 radical (unpaired) electrons. The van der Waals surface area contributed by atoms with Gasteiger partial charge in [0.1, 0.15) is 0 Å². The second-order valence-corrected chi connectivity index (χ2v) is 4.94. The summed E-state index contributed by atoms with van der Waals surface area (Å²) in [6.07, 6.45) is 3.15. The van der Waals surface area contributed by atoms with Gasteiger partial charge in [0.05, 0.1) is 17.4 Å². The molecule has 1 N–H and O–H groups in total. The summed E-state index contributed by atoms with van der Waals surface area (Å²) in [4.78, 5) is 4.45. The Labute approximate surface area is 109 Å². The molecule has 0 aliphatic carbocycles. The lowest BCUT2D eigenvalue weighted by atomic mass is 9.99. The van der Waals surface area contributed by atoms with Gasteiger partial charge in [0, 0.05) is 12.6 Å². The van der Waals surface area contributed by atoms with Crippen LogP contribution in [0.4, 0.5) is 0 Å². The average molecular weight is 245 g/mol. The fourth-order valence-electron chi connectivity index (χ4n) is 2.36. The zero-order valence-corrected chi connectivity index (χ0v) is 11.6. The summed E-state index contributed by atoms with van der Waals surface area (Å²) in [7, 11) is 0. The maximum absolute atomic E-state index is 4.45. The highest BCUT2D eigenvalue weighted by Crippen LogP contribution is 2.15. The van der Waals surface area contributed by atoms with Crippen molar-refractivity contribution in [3.63, 3.8) is 0 Å². The molecule has 2 rings (SSSR count). The molecule has 0 aliphatic heterocycles. The van der Waals surface area contributed by atoms with Crippen molar-refractivity contribution >= 4 is 11.0 Å². The molecule has 18 heavy (non-hydrogen) atoms. The third-order valence-electron chi connectivity index (χ3n) is 3.72. The maximum Gasteiger partial charge on any atom is 0.0958 e. The van der Waals surface area contributed by atoms with E-state index in [4.69, 9.17) is 0 Å². The van der Waals surface area contributed by atoms with Crippen molar-refractivity contribution < 1.29 is 0 Å². The summed E-state index contributed by atoms with van der Waals surface area (Å²) in [5.41, 5.74) is 2.31. The molecule has 1 aromatic carbocycles. The normalized spacial score (nSPS) is 14.8. The van der Waals surface area contributed by atoms with Gasteiger partial charge in [-0.25, -0.2) is 4.98 Å². The quantitative estimate of drug-likeness (QED) is 0.847. The lowest BCUT2D eigenvalue weighted by molar-refractivity contribution is 0.337. The van der Waals surface area contributed by atoms with Crippen molar-refractivity contribution in [2.24, 2.45) is 5.92 Å². The second kappa shape index (κ2) is 6.01. The number of rotatable bonds is 6. The molecule has 0 saturated heterocycles. The predicted molar refractivity (Wildman–Crippen MR) is 76.7 cm³/mol. The zero-order valence-electron chi connectivity index (χ0n) is 11.6. The molecule has 0 aliphatic rings. The van der Waals surface area contributed by atoms with Crippen molar-refractivity contribution in [3.05, 3.63) is 30.6 Å². The van der Waals surface area contributed by atoms with E-state index in [2.05, 4.69) is 53.8 Å². The summed E-state index contributed by atoms with van der Waals surface area (Å²) in [6, 6.07) is 8.83. The highest BCUT2D eigenvalue weighted by molar-refractivity contribution is 5.74. The van der Waals surface area contributed by atoms with E-state index >= 15 is 0 Å². The Kier molecular flexibility index (Phi) is 4.37. The van der Waals surface area contributed by atoms with Gasteiger partial charge in [-0.2, -0.15) is 0 Å². The average Bonchev–Trinajstić information content (AvgIpc) is 2.81. The van der Waals surface area contributed by atoms with Gasteiger partial charge in [0.25, 0.3) is 0 Å². The first-order chi connectivity index (χ1) is 8.76. The van der Waals surface area contributed by atoms with Crippen LogP contribution in [0.15, 0.2) is 30.6 Å². The number of hydrogen-bond acceptors (Lipinski definition) is 2. The molecule has 2 aromatic rings. The molecule has 0 bridgehead atoms. The Morgan fingerprint density at radius 3 is 2.78 bits per heavy atom. The number of likely N-dealkylation sites (N-methyl/N-ethyl adjacent to an activating group) is 1. The van der Waals surface area contributed by atoms with Crippen LogP contribution in [0, 0.1) is 5.92 Å². The number of hydrogen-bond donors (Lipinski definition) is 1. The van der Waals surface area contributed by atoms with E-state index in [1.54, 1.807) is 0 Å². The van der Waals surface area contributed by atoms with E-state index in [0.717, 1.165) is 18.6 Å². The number of benzene rings is 1. The van der Waals surface area contributed by atoms with Crippen molar-refractivity contribution in [2.45, 2.75) is 39.8 Å². The molecule has 1 heterocycles. The monoisotopic (exact) mass is 245 g/mol. The topological polar surface area (TPSA) is 29.9 Å². The third-order valence-corrected chi connectivity index (χ3v) is 3.72. The molecular formula is C15H23N3.